The molecule has 164 valence electrons. The Labute approximate surface area is 196 Å². The fourth-order valence-electron chi connectivity index (χ4n) is 4.19. The molecule has 5 nitrogen and oxygen atoms in total. The van der Waals surface area contributed by atoms with Crippen LogP contribution in [-0.4, -0.2) is 33.1 Å². The summed E-state index contributed by atoms with van der Waals surface area (Å²) >= 11 is 4.37. The van der Waals surface area contributed by atoms with Crippen LogP contribution in [0.25, 0.3) is 21.3 Å². The van der Waals surface area contributed by atoms with E-state index in [9.17, 15) is 14.0 Å². The van der Waals surface area contributed by atoms with Gasteiger partial charge in [0.15, 0.2) is 5.16 Å². The van der Waals surface area contributed by atoms with Crippen LogP contribution in [0.2, 0.25) is 0 Å². The van der Waals surface area contributed by atoms with Crippen LogP contribution >= 0.6 is 34.4 Å². The first-order valence-corrected chi connectivity index (χ1v) is 12.9. The van der Waals surface area contributed by atoms with Crippen LogP contribution < -0.4 is 5.56 Å². The van der Waals surface area contributed by atoms with Crippen molar-refractivity contribution in [1.29, 1.82) is 0 Å². The Morgan fingerprint density at radius 2 is 2.12 bits per heavy atom. The van der Waals surface area contributed by atoms with E-state index in [1.165, 1.54) is 40.1 Å². The van der Waals surface area contributed by atoms with Crippen molar-refractivity contribution in [3.63, 3.8) is 0 Å². The normalized spacial score (nSPS) is 16.2. The average molecular weight is 486 g/mol. The second-order valence-corrected chi connectivity index (χ2v) is 10.8. The Hall–Kier alpha value is -2.49. The number of carbonyl (C=O) groups excluding carboxylic acids is 1. The van der Waals surface area contributed by atoms with Crippen molar-refractivity contribution in [3.05, 3.63) is 67.7 Å². The van der Waals surface area contributed by atoms with Crippen molar-refractivity contribution >= 4 is 50.6 Å². The highest BCUT2D eigenvalue weighted by Gasteiger charge is 2.30. The molecule has 3 aromatic heterocycles. The van der Waals surface area contributed by atoms with Crippen molar-refractivity contribution in [2.45, 2.75) is 31.0 Å². The number of aromatic amines is 1. The van der Waals surface area contributed by atoms with Crippen LogP contribution in [0, 0.1) is 12.7 Å². The van der Waals surface area contributed by atoms with Gasteiger partial charge in [-0.15, -0.1) is 22.7 Å². The van der Waals surface area contributed by atoms with Crippen molar-refractivity contribution in [1.82, 2.24) is 14.9 Å². The molecule has 5 rings (SSSR count). The Kier molecular flexibility index (Phi) is 5.88. The molecule has 4 aromatic rings. The number of likely N-dealkylation sites (tertiary alicyclic amines) is 1. The Balaban J connectivity index is 1.37. The maximum atomic E-state index is 13.3. The van der Waals surface area contributed by atoms with Gasteiger partial charge in [-0.1, -0.05) is 30.0 Å². The van der Waals surface area contributed by atoms with Gasteiger partial charge >= 0.3 is 0 Å². The number of thiophene rings is 2. The number of halogens is 1. The van der Waals surface area contributed by atoms with E-state index in [0.29, 0.717) is 15.4 Å². The molecule has 9 heteroatoms. The van der Waals surface area contributed by atoms with Crippen molar-refractivity contribution in [2.24, 2.45) is 0 Å². The molecule has 1 fully saturated rings. The van der Waals surface area contributed by atoms with Gasteiger partial charge < -0.3 is 9.88 Å². The number of nitrogens with one attached hydrogen (secondary N) is 1. The number of thioether (sulfide) groups is 1. The molecule has 1 aliphatic heterocycles. The van der Waals surface area contributed by atoms with Gasteiger partial charge in [-0.3, -0.25) is 9.59 Å². The first-order valence-electron chi connectivity index (χ1n) is 10.3. The molecule has 0 bridgehead atoms. The van der Waals surface area contributed by atoms with Gasteiger partial charge in [-0.05, 0) is 48.9 Å². The van der Waals surface area contributed by atoms with Crippen LogP contribution in [0.4, 0.5) is 4.39 Å². The zero-order valence-corrected chi connectivity index (χ0v) is 19.7. The molecular weight excluding hydrogens is 465 g/mol. The molecule has 0 aliphatic carbocycles. The summed E-state index contributed by atoms with van der Waals surface area (Å²) in [6.07, 6.45) is 1.99. The first-order chi connectivity index (χ1) is 15.5. The van der Waals surface area contributed by atoms with Crippen LogP contribution in [-0.2, 0) is 4.79 Å². The summed E-state index contributed by atoms with van der Waals surface area (Å²) < 4.78 is 13.3. The Morgan fingerprint density at radius 1 is 1.31 bits per heavy atom. The third kappa shape index (κ3) is 4.00. The standard InChI is InChI=1S/C23H20FN3O2S3/c1-13-19(14-6-8-15(24)9-7-14)20-21(29)25-23(26-22(20)32-13)31-12-18(28)27-10-2-4-16(27)17-5-3-11-30-17/h3,5-9,11,16H,2,4,10,12H2,1H3,(H,25,26,29). The molecule has 1 aliphatic rings. The number of carbonyl (C=O) groups is 1. The van der Waals surface area contributed by atoms with Crippen molar-refractivity contribution in [3.8, 4) is 11.1 Å². The lowest BCUT2D eigenvalue weighted by molar-refractivity contribution is -0.129. The summed E-state index contributed by atoms with van der Waals surface area (Å²) in [5.41, 5.74) is 1.32. The summed E-state index contributed by atoms with van der Waals surface area (Å²) in [4.78, 5) is 38.0. The van der Waals surface area contributed by atoms with Crippen LogP contribution in [0.5, 0.6) is 0 Å². The maximum absolute atomic E-state index is 13.3. The molecule has 32 heavy (non-hydrogen) atoms. The molecule has 1 atom stereocenters. The highest BCUT2D eigenvalue weighted by molar-refractivity contribution is 7.99. The van der Waals surface area contributed by atoms with Gasteiger partial charge in [0.1, 0.15) is 10.6 Å². The van der Waals surface area contributed by atoms with Gasteiger partial charge in [-0.25, -0.2) is 9.37 Å². The van der Waals surface area contributed by atoms with E-state index in [-0.39, 0.29) is 29.1 Å². The third-order valence-corrected chi connectivity index (χ3v) is 8.46. The van der Waals surface area contributed by atoms with Gasteiger partial charge in [0.25, 0.3) is 5.56 Å². The minimum absolute atomic E-state index is 0.0583. The summed E-state index contributed by atoms with van der Waals surface area (Å²) in [5, 5.41) is 2.99. The monoisotopic (exact) mass is 485 g/mol. The summed E-state index contributed by atoms with van der Waals surface area (Å²) in [6.45, 7) is 2.69. The largest absolute Gasteiger partial charge is 0.334 e. The number of rotatable bonds is 5. The van der Waals surface area contributed by atoms with E-state index in [1.807, 2.05) is 23.3 Å². The zero-order valence-electron chi connectivity index (χ0n) is 17.3. The lowest BCUT2D eigenvalue weighted by atomic mass is 10.0. The summed E-state index contributed by atoms with van der Waals surface area (Å²) in [7, 11) is 0. The Bertz CT molecular complexity index is 1330. The number of fused-ring (bicyclic) bond motifs is 1. The number of hydrogen-bond acceptors (Lipinski definition) is 6. The van der Waals surface area contributed by atoms with Crippen LogP contribution in [0.1, 0.15) is 28.6 Å². The molecule has 0 radical (unpaired) electrons. The summed E-state index contributed by atoms with van der Waals surface area (Å²) in [6, 6.07) is 10.4. The second kappa shape index (κ2) is 8.80. The van der Waals surface area contributed by atoms with Gasteiger partial charge in [0.2, 0.25) is 5.91 Å². The highest BCUT2D eigenvalue weighted by atomic mass is 32.2. The van der Waals surface area contributed by atoms with Gasteiger partial charge in [0, 0.05) is 21.9 Å². The molecule has 1 aromatic carbocycles. The number of H-pyrrole nitrogens is 1. The van der Waals surface area contributed by atoms with E-state index in [0.717, 1.165) is 35.4 Å². The fraction of sp³-hybridized carbons (Fsp3) is 0.261. The molecule has 0 saturated carbocycles. The number of nitrogens with zero attached hydrogens (tertiary/aromatic N) is 2. The van der Waals surface area contributed by atoms with E-state index in [4.69, 9.17) is 0 Å². The van der Waals surface area contributed by atoms with Crippen molar-refractivity contribution < 1.29 is 9.18 Å². The van der Waals surface area contributed by atoms with E-state index in [1.54, 1.807) is 23.5 Å². The van der Waals surface area contributed by atoms with Crippen LogP contribution in [0.3, 0.4) is 0 Å². The number of hydrogen-bond donors (Lipinski definition) is 1. The SMILES string of the molecule is Cc1sc2nc(SCC(=O)N3CCCC3c3cccs3)[nH]c(=O)c2c1-c1ccc(F)cc1. The number of amides is 1. The van der Waals surface area contributed by atoms with E-state index in [2.05, 4.69) is 16.0 Å². The molecule has 1 unspecified atom stereocenters. The smallest absolute Gasteiger partial charge is 0.260 e. The fourth-order valence-corrected chi connectivity index (χ4v) is 6.91. The molecule has 0 spiro atoms. The van der Waals surface area contributed by atoms with Crippen molar-refractivity contribution in [2.75, 3.05) is 12.3 Å². The number of aromatic nitrogens is 2. The van der Waals surface area contributed by atoms with Gasteiger partial charge in [-0.2, -0.15) is 0 Å². The molecular formula is C23H20FN3O2S3. The quantitative estimate of drug-likeness (QED) is 0.294. The van der Waals surface area contributed by atoms with Crippen LogP contribution in [0.15, 0.2) is 51.7 Å². The zero-order chi connectivity index (χ0) is 22.2. The number of benzene rings is 1. The Morgan fingerprint density at radius 3 is 2.88 bits per heavy atom. The van der Waals surface area contributed by atoms with Gasteiger partial charge in [0.05, 0.1) is 17.2 Å². The topological polar surface area (TPSA) is 66.1 Å². The molecule has 4 heterocycles. The third-order valence-electron chi connectivity index (χ3n) is 5.63. The summed E-state index contributed by atoms with van der Waals surface area (Å²) in [5.74, 6) is -0.0328. The number of aryl methyl sites for hydroxylation is 1. The lowest BCUT2D eigenvalue weighted by Gasteiger charge is -2.23. The maximum Gasteiger partial charge on any atom is 0.260 e. The predicted octanol–water partition coefficient (Wildman–Crippen LogP) is 5.62. The molecule has 1 N–H and O–H groups in total. The highest BCUT2D eigenvalue weighted by Crippen LogP contribution is 2.37. The molecule has 1 amide bonds. The second-order valence-electron chi connectivity index (χ2n) is 7.64. The minimum Gasteiger partial charge on any atom is -0.334 e. The minimum atomic E-state index is -0.319. The first kappa shape index (κ1) is 21.4. The van der Waals surface area contributed by atoms with E-state index >= 15 is 0 Å². The van der Waals surface area contributed by atoms with E-state index < -0.39 is 0 Å². The predicted molar refractivity (Wildman–Crippen MR) is 129 cm³/mol. The lowest BCUT2D eigenvalue weighted by Crippen LogP contribution is -2.31. The average Bonchev–Trinajstić information content (AvgIpc) is 3.52. The molecule has 1 saturated heterocycles.